The minimum absolute atomic E-state index is 0.00917. The second-order valence-corrected chi connectivity index (χ2v) is 9.58. The van der Waals surface area contributed by atoms with Gasteiger partial charge in [-0.2, -0.15) is 4.98 Å². The van der Waals surface area contributed by atoms with Crippen LogP contribution in [0.15, 0.2) is 53.3 Å². The van der Waals surface area contributed by atoms with E-state index in [-0.39, 0.29) is 11.3 Å². The summed E-state index contributed by atoms with van der Waals surface area (Å²) in [6.07, 6.45) is 3.85. The summed E-state index contributed by atoms with van der Waals surface area (Å²) in [4.78, 5) is 30.0. The van der Waals surface area contributed by atoms with E-state index in [0.29, 0.717) is 54.1 Å². The summed E-state index contributed by atoms with van der Waals surface area (Å²) >= 11 is 5.93. The molecule has 0 N–H and O–H groups in total. The predicted molar refractivity (Wildman–Crippen MR) is 127 cm³/mol. The van der Waals surface area contributed by atoms with Crippen molar-refractivity contribution in [2.75, 3.05) is 31.1 Å². The van der Waals surface area contributed by atoms with Crippen LogP contribution >= 0.6 is 11.6 Å². The highest BCUT2D eigenvalue weighted by molar-refractivity contribution is 6.29. The van der Waals surface area contributed by atoms with Gasteiger partial charge in [0.15, 0.2) is 5.58 Å². The van der Waals surface area contributed by atoms with Crippen molar-refractivity contribution in [3.8, 4) is 5.69 Å². The van der Waals surface area contributed by atoms with Crippen molar-refractivity contribution in [2.24, 2.45) is 0 Å². The number of nitrogens with zero attached hydrogens (tertiary/aromatic N) is 6. The SMILES string of the molecule is CC(C)(C)c1cn(-c2ccc(C(=O)N3CCN(c4nc5nc(Cl)ccc5o4)CC3)cc2)cn1. The lowest BCUT2D eigenvalue weighted by atomic mass is 9.93. The molecule has 5 rings (SSSR count). The molecule has 8 nitrogen and oxygen atoms in total. The van der Waals surface area contributed by atoms with Crippen LogP contribution < -0.4 is 4.90 Å². The Kier molecular flexibility index (Phi) is 5.32. The van der Waals surface area contributed by atoms with Crippen LogP contribution in [0.2, 0.25) is 5.15 Å². The van der Waals surface area contributed by atoms with E-state index < -0.39 is 0 Å². The molecule has 0 radical (unpaired) electrons. The van der Waals surface area contributed by atoms with Crippen LogP contribution in [0.1, 0.15) is 36.8 Å². The molecule has 170 valence electrons. The number of amides is 1. The fourth-order valence-corrected chi connectivity index (χ4v) is 3.97. The number of halogens is 1. The van der Waals surface area contributed by atoms with Crippen molar-refractivity contribution in [2.45, 2.75) is 26.2 Å². The quantitative estimate of drug-likeness (QED) is 0.420. The first-order chi connectivity index (χ1) is 15.8. The van der Waals surface area contributed by atoms with Gasteiger partial charge in [-0.3, -0.25) is 4.79 Å². The number of oxazole rings is 1. The summed E-state index contributed by atoms with van der Waals surface area (Å²) in [5.41, 5.74) is 3.75. The number of carbonyl (C=O) groups excluding carboxylic acids is 1. The maximum Gasteiger partial charge on any atom is 0.300 e. The molecule has 3 aromatic heterocycles. The molecule has 0 aliphatic carbocycles. The van der Waals surface area contributed by atoms with E-state index in [1.807, 2.05) is 51.2 Å². The van der Waals surface area contributed by atoms with Crippen LogP contribution in [-0.2, 0) is 5.41 Å². The summed E-state index contributed by atoms with van der Waals surface area (Å²) < 4.78 is 7.79. The summed E-state index contributed by atoms with van der Waals surface area (Å²) in [7, 11) is 0. The Labute approximate surface area is 196 Å². The van der Waals surface area contributed by atoms with Gasteiger partial charge in [0.25, 0.3) is 11.9 Å². The number of imidazole rings is 1. The van der Waals surface area contributed by atoms with Crippen molar-refractivity contribution in [1.29, 1.82) is 0 Å². The number of piperazine rings is 1. The fourth-order valence-electron chi connectivity index (χ4n) is 3.83. The number of aromatic nitrogens is 4. The van der Waals surface area contributed by atoms with Crippen LogP contribution in [0, 0.1) is 0 Å². The molecule has 9 heteroatoms. The first-order valence-electron chi connectivity index (χ1n) is 10.9. The Hall–Kier alpha value is -3.39. The van der Waals surface area contributed by atoms with Gasteiger partial charge in [-0.05, 0) is 36.4 Å². The normalized spacial score (nSPS) is 14.8. The van der Waals surface area contributed by atoms with E-state index in [4.69, 9.17) is 16.0 Å². The number of hydrogen-bond donors (Lipinski definition) is 0. The molecule has 0 atom stereocenters. The number of pyridine rings is 1. The van der Waals surface area contributed by atoms with E-state index in [9.17, 15) is 4.79 Å². The van der Waals surface area contributed by atoms with Crippen molar-refractivity contribution in [3.63, 3.8) is 0 Å². The number of anilines is 1. The third-order valence-corrected chi connectivity index (χ3v) is 6.02. The average Bonchev–Trinajstić information content (AvgIpc) is 3.46. The first-order valence-corrected chi connectivity index (χ1v) is 11.3. The number of hydrogen-bond acceptors (Lipinski definition) is 6. The van der Waals surface area contributed by atoms with Crippen molar-refractivity contribution < 1.29 is 9.21 Å². The molecule has 0 bridgehead atoms. The van der Waals surface area contributed by atoms with Crippen LogP contribution in [0.3, 0.4) is 0 Å². The zero-order valence-electron chi connectivity index (χ0n) is 18.8. The van der Waals surface area contributed by atoms with E-state index in [2.05, 4.69) is 35.7 Å². The van der Waals surface area contributed by atoms with Gasteiger partial charge in [0.1, 0.15) is 5.15 Å². The molecule has 33 heavy (non-hydrogen) atoms. The zero-order valence-corrected chi connectivity index (χ0v) is 19.6. The third kappa shape index (κ3) is 4.30. The van der Waals surface area contributed by atoms with Gasteiger partial charge in [0, 0.05) is 49.0 Å². The van der Waals surface area contributed by atoms with Crippen LogP contribution in [0.4, 0.5) is 6.01 Å². The van der Waals surface area contributed by atoms with E-state index >= 15 is 0 Å². The smallest absolute Gasteiger partial charge is 0.300 e. The van der Waals surface area contributed by atoms with Gasteiger partial charge >= 0.3 is 0 Å². The molecule has 1 aliphatic heterocycles. The lowest BCUT2D eigenvalue weighted by Crippen LogP contribution is -2.48. The molecular formula is C24H25ClN6O2. The van der Waals surface area contributed by atoms with Crippen LogP contribution in [0.25, 0.3) is 16.9 Å². The van der Waals surface area contributed by atoms with Gasteiger partial charge in [-0.15, -0.1) is 0 Å². The highest BCUT2D eigenvalue weighted by Crippen LogP contribution is 2.24. The first kappa shape index (κ1) is 21.5. The Bertz CT molecular complexity index is 1300. The molecule has 1 amide bonds. The minimum Gasteiger partial charge on any atom is -0.422 e. The van der Waals surface area contributed by atoms with Crippen LogP contribution in [-0.4, -0.2) is 56.5 Å². The third-order valence-electron chi connectivity index (χ3n) is 5.81. The van der Waals surface area contributed by atoms with Gasteiger partial charge < -0.3 is 18.8 Å². The maximum absolute atomic E-state index is 13.0. The molecule has 1 fully saturated rings. The molecular weight excluding hydrogens is 440 g/mol. The predicted octanol–water partition coefficient (Wildman–Crippen LogP) is 4.32. The van der Waals surface area contributed by atoms with Gasteiger partial charge in [-0.1, -0.05) is 32.4 Å². The number of benzene rings is 1. The van der Waals surface area contributed by atoms with Gasteiger partial charge in [-0.25, -0.2) is 9.97 Å². The number of fused-ring (bicyclic) bond motifs is 1. The molecule has 4 aromatic rings. The topological polar surface area (TPSA) is 80.3 Å². The van der Waals surface area contributed by atoms with E-state index in [1.54, 1.807) is 12.1 Å². The molecule has 4 heterocycles. The van der Waals surface area contributed by atoms with Crippen molar-refractivity contribution in [1.82, 2.24) is 24.4 Å². The van der Waals surface area contributed by atoms with Gasteiger partial charge in [0.05, 0.1) is 12.0 Å². The monoisotopic (exact) mass is 464 g/mol. The Balaban J connectivity index is 1.23. The minimum atomic E-state index is -0.00917. The molecule has 1 saturated heterocycles. The Morgan fingerprint density at radius 3 is 2.39 bits per heavy atom. The summed E-state index contributed by atoms with van der Waals surface area (Å²) in [6, 6.07) is 11.6. The number of carbonyl (C=O) groups is 1. The van der Waals surface area contributed by atoms with Crippen molar-refractivity contribution in [3.05, 3.63) is 65.3 Å². The van der Waals surface area contributed by atoms with Gasteiger partial charge in [0.2, 0.25) is 5.65 Å². The van der Waals surface area contributed by atoms with Crippen molar-refractivity contribution >= 4 is 34.8 Å². The average molecular weight is 465 g/mol. The second-order valence-electron chi connectivity index (χ2n) is 9.19. The molecule has 1 aliphatic rings. The lowest BCUT2D eigenvalue weighted by molar-refractivity contribution is 0.0745. The molecule has 0 unspecified atom stereocenters. The highest BCUT2D eigenvalue weighted by Gasteiger charge is 2.25. The molecule has 0 saturated carbocycles. The largest absolute Gasteiger partial charge is 0.422 e. The van der Waals surface area contributed by atoms with Crippen LogP contribution in [0.5, 0.6) is 0 Å². The Morgan fingerprint density at radius 2 is 1.73 bits per heavy atom. The molecule has 1 aromatic carbocycles. The summed E-state index contributed by atoms with van der Waals surface area (Å²) in [5.74, 6) is 0.0215. The fraction of sp³-hybridized carbons (Fsp3) is 0.333. The molecule has 0 spiro atoms. The maximum atomic E-state index is 13.0. The lowest BCUT2D eigenvalue weighted by Gasteiger charge is -2.33. The second kappa shape index (κ2) is 8.19. The number of rotatable bonds is 3. The summed E-state index contributed by atoms with van der Waals surface area (Å²) in [5, 5.41) is 0.381. The highest BCUT2D eigenvalue weighted by atomic mass is 35.5. The standard InChI is InChI=1S/C24H25ClN6O2/c1-24(2,3)19-14-31(15-26-19)17-6-4-16(5-7-17)22(32)29-10-12-30(13-11-29)23-28-21-18(33-23)8-9-20(25)27-21/h4-9,14-15H,10-13H2,1-3H3. The zero-order chi connectivity index (χ0) is 23.2. The summed E-state index contributed by atoms with van der Waals surface area (Å²) in [6.45, 7) is 8.85. The van der Waals surface area contributed by atoms with E-state index in [1.165, 1.54) is 0 Å². The van der Waals surface area contributed by atoms with E-state index in [0.717, 1.165) is 11.4 Å². The Morgan fingerprint density at radius 1 is 1.00 bits per heavy atom.